The van der Waals surface area contributed by atoms with Crippen molar-refractivity contribution < 1.29 is 8.42 Å². The van der Waals surface area contributed by atoms with Crippen LogP contribution in [0.3, 0.4) is 0 Å². The van der Waals surface area contributed by atoms with Crippen molar-refractivity contribution in [3.8, 4) is 0 Å². The highest BCUT2D eigenvalue weighted by Crippen LogP contribution is 2.45. The summed E-state index contributed by atoms with van der Waals surface area (Å²) in [6.07, 6.45) is 5.16. The highest BCUT2D eigenvalue weighted by atomic mass is 32.2. The molecule has 1 aromatic rings. The van der Waals surface area contributed by atoms with Crippen LogP contribution in [0, 0.1) is 11.3 Å². The van der Waals surface area contributed by atoms with Crippen LogP contribution in [-0.4, -0.2) is 34.5 Å². The van der Waals surface area contributed by atoms with Gasteiger partial charge in [0.05, 0.1) is 12.3 Å². The SMILES string of the molecule is CCNC(=NCc1cccc(CS(=O)(=O)NC)c1)NCC1(CC(C)C)CCC1. The van der Waals surface area contributed by atoms with Gasteiger partial charge in [0.1, 0.15) is 0 Å². The Balaban J connectivity index is 2.00. The predicted molar refractivity (Wildman–Crippen MR) is 117 cm³/mol. The van der Waals surface area contributed by atoms with Gasteiger partial charge in [0.25, 0.3) is 0 Å². The second-order valence-corrected chi connectivity index (χ2v) is 10.2. The van der Waals surface area contributed by atoms with Gasteiger partial charge in [-0.1, -0.05) is 44.5 Å². The molecule has 1 aromatic carbocycles. The largest absolute Gasteiger partial charge is 0.357 e. The molecule has 6 nitrogen and oxygen atoms in total. The van der Waals surface area contributed by atoms with Crippen LogP contribution in [-0.2, 0) is 22.3 Å². The Morgan fingerprint density at radius 3 is 2.50 bits per heavy atom. The van der Waals surface area contributed by atoms with Crippen LogP contribution < -0.4 is 15.4 Å². The number of nitrogens with zero attached hydrogens (tertiary/aromatic N) is 1. The molecule has 0 bridgehead atoms. The number of rotatable bonds is 10. The summed E-state index contributed by atoms with van der Waals surface area (Å²) < 4.78 is 25.9. The fourth-order valence-electron chi connectivity index (χ4n) is 3.89. The van der Waals surface area contributed by atoms with Crippen molar-refractivity contribution in [2.24, 2.45) is 16.3 Å². The molecular formula is C21H36N4O2S. The second kappa shape index (κ2) is 10.3. The minimum absolute atomic E-state index is 0.0168. The van der Waals surface area contributed by atoms with Crippen LogP contribution in [0.5, 0.6) is 0 Å². The zero-order chi connectivity index (χ0) is 20.6. The van der Waals surface area contributed by atoms with Gasteiger partial charge in [0.15, 0.2) is 5.96 Å². The smallest absolute Gasteiger partial charge is 0.215 e. The van der Waals surface area contributed by atoms with Gasteiger partial charge >= 0.3 is 0 Å². The standard InChI is InChI=1S/C21H36N4O2S/c1-5-23-20(25-16-21(10-7-11-21)13-17(2)3)24-14-18-8-6-9-19(12-18)15-28(26,27)22-4/h6,8-9,12,17,22H,5,7,10-11,13-16H2,1-4H3,(H2,23,24,25). The predicted octanol–water partition coefficient (Wildman–Crippen LogP) is 3.01. The fraction of sp³-hybridized carbons (Fsp3) is 0.667. The first-order valence-corrected chi connectivity index (χ1v) is 11.9. The molecule has 2 rings (SSSR count). The average Bonchev–Trinajstić information content (AvgIpc) is 2.61. The molecule has 3 N–H and O–H groups in total. The minimum Gasteiger partial charge on any atom is -0.357 e. The van der Waals surface area contributed by atoms with Gasteiger partial charge in [-0.2, -0.15) is 0 Å². The van der Waals surface area contributed by atoms with E-state index >= 15 is 0 Å². The van der Waals surface area contributed by atoms with Crippen molar-refractivity contribution >= 4 is 16.0 Å². The van der Waals surface area contributed by atoms with Crippen LogP contribution in [0.2, 0.25) is 0 Å². The topological polar surface area (TPSA) is 82.6 Å². The molecule has 0 aromatic heterocycles. The van der Waals surface area contributed by atoms with Crippen molar-refractivity contribution in [2.75, 3.05) is 20.1 Å². The van der Waals surface area contributed by atoms with Crippen LogP contribution in [0.1, 0.15) is 57.6 Å². The summed E-state index contributed by atoms with van der Waals surface area (Å²) >= 11 is 0. The van der Waals surface area contributed by atoms with E-state index < -0.39 is 10.0 Å². The number of nitrogens with one attached hydrogen (secondary N) is 3. The van der Waals surface area contributed by atoms with E-state index in [0.717, 1.165) is 30.2 Å². The third kappa shape index (κ3) is 7.09. The highest BCUT2D eigenvalue weighted by Gasteiger charge is 2.37. The zero-order valence-electron chi connectivity index (χ0n) is 17.7. The first kappa shape index (κ1) is 22.7. The van der Waals surface area contributed by atoms with E-state index in [4.69, 9.17) is 4.99 Å². The minimum atomic E-state index is -3.27. The molecule has 0 heterocycles. The molecule has 0 saturated heterocycles. The van der Waals surface area contributed by atoms with Gasteiger partial charge in [-0.25, -0.2) is 18.1 Å². The maximum atomic E-state index is 11.8. The summed E-state index contributed by atoms with van der Waals surface area (Å²) in [5, 5.41) is 6.86. The van der Waals surface area contributed by atoms with Crippen LogP contribution in [0.4, 0.5) is 0 Å². The van der Waals surface area contributed by atoms with Crippen LogP contribution in [0.15, 0.2) is 29.3 Å². The van der Waals surface area contributed by atoms with Crippen molar-refractivity contribution in [2.45, 2.75) is 58.8 Å². The number of benzene rings is 1. The molecule has 158 valence electrons. The van der Waals surface area contributed by atoms with Gasteiger partial charge in [0, 0.05) is 13.1 Å². The maximum Gasteiger partial charge on any atom is 0.215 e. The molecule has 1 fully saturated rings. The lowest BCUT2D eigenvalue weighted by Crippen LogP contribution is -2.47. The average molecular weight is 409 g/mol. The maximum absolute atomic E-state index is 11.8. The zero-order valence-corrected chi connectivity index (χ0v) is 18.5. The van der Waals surface area contributed by atoms with E-state index in [1.165, 1.54) is 32.7 Å². The second-order valence-electron chi connectivity index (χ2n) is 8.28. The van der Waals surface area contributed by atoms with Crippen molar-refractivity contribution in [1.29, 1.82) is 0 Å². The Labute approximate surface area is 170 Å². The van der Waals surface area contributed by atoms with E-state index in [-0.39, 0.29) is 5.75 Å². The Morgan fingerprint density at radius 2 is 1.93 bits per heavy atom. The Kier molecular flexibility index (Phi) is 8.31. The van der Waals surface area contributed by atoms with Crippen molar-refractivity contribution in [3.05, 3.63) is 35.4 Å². The number of aliphatic imine (C=N–C) groups is 1. The number of sulfonamides is 1. The monoisotopic (exact) mass is 408 g/mol. The molecule has 1 aliphatic carbocycles. The first-order chi connectivity index (χ1) is 13.3. The lowest BCUT2D eigenvalue weighted by Gasteiger charge is -2.43. The normalized spacial score (nSPS) is 16.7. The summed E-state index contributed by atoms with van der Waals surface area (Å²) in [5.74, 6) is 1.51. The lowest BCUT2D eigenvalue weighted by atomic mass is 9.64. The molecule has 0 aliphatic heterocycles. The molecule has 7 heteroatoms. The van der Waals surface area contributed by atoms with E-state index in [1.807, 2.05) is 24.3 Å². The molecule has 28 heavy (non-hydrogen) atoms. The summed E-state index contributed by atoms with van der Waals surface area (Å²) in [5.41, 5.74) is 2.18. The van der Waals surface area contributed by atoms with Gasteiger partial charge in [0.2, 0.25) is 10.0 Å². The van der Waals surface area contributed by atoms with Gasteiger partial charge < -0.3 is 10.6 Å². The lowest BCUT2D eigenvalue weighted by molar-refractivity contribution is 0.104. The van der Waals surface area contributed by atoms with Crippen LogP contribution in [0.25, 0.3) is 0 Å². The molecule has 0 unspecified atom stereocenters. The molecular weight excluding hydrogens is 372 g/mol. The number of guanidine groups is 1. The summed E-state index contributed by atoms with van der Waals surface area (Å²) in [6.45, 7) is 8.93. The van der Waals surface area contributed by atoms with E-state index in [0.29, 0.717) is 17.9 Å². The molecule has 0 amide bonds. The number of hydrogen-bond acceptors (Lipinski definition) is 3. The Hall–Kier alpha value is -1.60. The van der Waals surface area contributed by atoms with Gasteiger partial charge in [-0.15, -0.1) is 0 Å². The van der Waals surface area contributed by atoms with Gasteiger partial charge in [-0.05, 0) is 55.7 Å². The van der Waals surface area contributed by atoms with Crippen molar-refractivity contribution in [1.82, 2.24) is 15.4 Å². The Morgan fingerprint density at radius 1 is 1.21 bits per heavy atom. The third-order valence-electron chi connectivity index (χ3n) is 5.31. The summed E-state index contributed by atoms with van der Waals surface area (Å²) in [4.78, 5) is 4.71. The molecule has 0 atom stereocenters. The highest BCUT2D eigenvalue weighted by molar-refractivity contribution is 7.88. The first-order valence-electron chi connectivity index (χ1n) is 10.3. The quantitative estimate of drug-likeness (QED) is 0.411. The molecule has 1 aliphatic rings. The molecule has 0 spiro atoms. The number of hydrogen-bond donors (Lipinski definition) is 3. The Bertz CT molecular complexity index is 755. The van der Waals surface area contributed by atoms with Crippen molar-refractivity contribution in [3.63, 3.8) is 0 Å². The van der Waals surface area contributed by atoms with E-state index in [9.17, 15) is 8.42 Å². The summed E-state index contributed by atoms with van der Waals surface area (Å²) in [7, 11) is -1.83. The van der Waals surface area contributed by atoms with Crippen LogP contribution >= 0.6 is 0 Å². The van der Waals surface area contributed by atoms with Gasteiger partial charge in [-0.3, -0.25) is 0 Å². The fourth-order valence-corrected chi connectivity index (χ4v) is 4.65. The molecule has 0 radical (unpaired) electrons. The van der Waals surface area contributed by atoms with E-state index in [2.05, 4.69) is 36.1 Å². The summed E-state index contributed by atoms with van der Waals surface area (Å²) in [6, 6.07) is 7.61. The molecule has 1 saturated carbocycles. The third-order valence-corrected chi connectivity index (χ3v) is 6.64. The van der Waals surface area contributed by atoms with E-state index in [1.54, 1.807) is 0 Å².